The summed E-state index contributed by atoms with van der Waals surface area (Å²) in [6.45, 7) is 3.25. The van der Waals surface area contributed by atoms with Crippen molar-refractivity contribution < 1.29 is 23.5 Å². The number of carbonyl (C=O) groups excluding carboxylic acids is 2. The van der Waals surface area contributed by atoms with E-state index in [1.807, 2.05) is 0 Å². The van der Waals surface area contributed by atoms with Gasteiger partial charge in [0.2, 0.25) is 0 Å². The molecule has 0 heterocycles. The van der Waals surface area contributed by atoms with Gasteiger partial charge in [0, 0.05) is 6.07 Å². The number of Topliss-reactive ketones (excluding diaryl/α,β-unsaturated/α-hetero) is 1. The van der Waals surface area contributed by atoms with Crippen molar-refractivity contribution in [3.63, 3.8) is 0 Å². The lowest BCUT2D eigenvalue weighted by atomic mass is 10.2. The van der Waals surface area contributed by atoms with Crippen LogP contribution in [-0.2, 0) is 14.3 Å². The van der Waals surface area contributed by atoms with Gasteiger partial charge in [0.1, 0.15) is 24.6 Å². The van der Waals surface area contributed by atoms with Gasteiger partial charge in [0.05, 0.1) is 6.61 Å². The molecular formula is C13H15FO4. The molecule has 0 aliphatic heterocycles. The molecule has 0 N–H and O–H groups in total. The van der Waals surface area contributed by atoms with Gasteiger partial charge in [0.15, 0.2) is 5.78 Å². The van der Waals surface area contributed by atoms with Crippen LogP contribution in [0.2, 0.25) is 0 Å². The summed E-state index contributed by atoms with van der Waals surface area (Å²) in [4.78, 5) is 22.3. The van der Waals surface area contributed by atoms with Crippen LogP contribution in [0.25, 0.3) is 0 Å². The van der Waals surface area contributed by atoms with Crippen LogP contribution in [0.3, 0.4) is 0 Å². The highest BCUT2D eigenvalue weighted by Gasteiger charge is 2.11. The van der Waals surface area contributed by atoms with Gasteiger partial charge in [-0.05, 0) is 25.5 Å². The third kappa shape index (κ3) is 4.53. The van der Waals surface area contributed by atoms with Crippen LogP contribution >= 0.6 is 0 Å². The highest BCUT2D eigenvalue weighted by Crippen LogP contribution is 2.15. The monoisotopic (exact) mass is 254 g/mol. The van der Waals surface area contributed by atoms with Crippen LogP contribution in [0, 0.1) is 12.7 Å². The van der Waals surface area contributed by atoms with Crippen LogP contribution < -0.4 is 4.74 Å². The number of hydrogen-bond acceptors (Lipinski definition) is 4. The van der Waals surface area contributed by atoms with Gasteiger partial charge in [-0.3, -0.25) is 9.59 Å². The Morgan fingerprint density at radius 2 is 2.06 bits per heavy atom. The Bertz CT molecular complexity index is 443. The van der Waals surface area contributed by atoms with Gasteiger partial charge in [-0.1, -0.05) is 6.07 Å². The van der Waals surface area contributed by atoms with E-state index in [-0.39, 0.29) is 25.4 Å². The number of aryl methyl sites for hydroxylation is 1. The van der Waals surface area contributed by atoms with Crippen molar-refractivity contribution in [3.8, 4) is 5.75 Å². The molecule has 0 unspecified atom stereocenters. The third-order valence-corrected chi connectivity index (χ3v) is 2.19. The molecule has 0 aliphatic carbocycles. The zero-order valence-corrected chi connectivity index (χ0v) is 10.4. The van der Waals surface area contributed by atoms with E-state index in [4.69, 9.17) is 4.74 Å². The molecular weight excluding hydrogens is 239 g/mol. The van der Waals surface area contributed by atoms with Gasteiger partial charge in [0.25, 0.3) is 0 Å². The molecule has 0 spiro atoms. The first kappa shape index (κ1) is 14.2. The first-order valence-corrected chi connectivity index (χ1v) is 5.59. The summed E-state index contributed by atoms with van der Waals surface area (Å²) in [5.74, 6) is -1.13. The summed E-state index contributed by atoms with van der Waals surface area (Å²) in [5, 5.41) is 0. The number of halogens is 1. The largest absolute Gasteiger partial charge is 0.486 e. The second-order valence-electron chi connectivity index (χ2n) is 3.72. The minimum Gasteiger partial charge on any atom is -0.486 e. The van der Waals surface area contributed by atoms with E-state index in [2.05, 4.69) is 4.74 Å². The number of carbonyl (C=O) groups is 2. The van der Waals surface area contributed by atoms with Crippen LogP contribution in [0.15, 0.2) is 18.2 Å². The molecule has 4 nitrogen and oxygen atoms in total. The highest BCUT2D eigenvalue weighted by molar-refractivity contribution is 5.96. The van der Waals surface area contributed by atoms with Crippen molar-refractivity contribution in [2.75, 3.05) is 13.2 Å². The Kier molecular flexibility index (Phi) is 5.30. The van der Waals surface area contributed by atoms with E-state index < -0.39 is 17.6 Å². The molecule has 0 bridgehead atoms. The quantitative estimate of drug-likeness (QED) is 0.575. The summed E-state index contributed by atoms with van der Waals surface area (Å²) in [7, 11) is 0. The SMILES string of the molecule is CCOC(=O)CC(=O)COc1ccc(C)c(F)c1. The van der Waals surface area contributed by atoms with E-state index >= 15 is 0 Å². The van der Waals surface area contributed by atoms with E-state index in [0.29, 0.717) is 5.56 Å². The van der Waals surface area contributed by atoms with Crippen molar-refractivity contribution in [1.82, 2.24) is 0 Å². The molecule has 0 aliphatic rings. The van der Waals surface area contributed by atoms with Crippen LogP contribution in [-0.4, -0.2) is 25.0 Å². The molecule has 1 aromatic carbocycles. The van der Waals surface area contributed by atoms with Crippen molar-refractivity contribution in [3.05, 3.63) is 29.6 Å². The van der Waals surface area contributed by atoms with E-state index in [0.717, 1.165) is 0 Å². The number of esters is 1. The summed E-state index contributed by atoms with van der Waals surface area (Å²) >= 11 is 0. The summed E-state index contributed by atoms with van der Waals surface area (Å²) in [6, 6.07) is 4.32. The topological polar surface area (TPSA) is 52.6 Å². The Balaban J connectivity index is 2.42. The normalized spacial score (nSPS) is 9.94. The second kappa shape index (κ2) is 6.74. The van der Waals surface area contributed by atoms with E-state index in [1.54, 1.807) is 26.0 Å². The zero-order valence-electron chi connectivity index (χ0n) is 10.4. The number of ether oxygens (including phenoxy) is 2. The number of hydrogen-bond donors (Lipinski definition) is 0. The minimum atomic E-state index is -0.582. The lowest BCUT2D eigenvalue weighted by Gasteiger charge is -2.06. The molecule has 98 valence electrons. The Morgan fingerprint density at radius 3 is 2.67 bits per heavy atom. The average Bonchev–Trinajstić information content (AvgIpc) is 2.31. The smallest absolute Gasteiger partial charge is 0.313 e. The molecule has 0 amide bonds. The van der Waals surface area contributed by atoms with Crippen LogP contribution in [0.4, 0.5) is 4.39 Å². The summed E-state index contributed by atoms with van der Waals surface area (Å²) < 4.78 is 22.9. The molecule has 1 aromatic rings. The predicted molar refractivity (Wildman–Crippen MR) is 62.9 cm³/mol. The first-order valence-electron chi connectivity index (χ1n) is 5.59. The van der Waals surface area contributed by atoms with Gasteiger partial charge in [-0.25, -0.2) is 4.39 Å². The lowest BCUT2D eigenvalue weighted by Crippen LogP contribution is -2.17. The summed E-state index contributed by atoms with van der Waals surface area (Å²) in [5.41, 5.74) is 0.500. The maximum Gasteiger partial charge on any atom is 0.313 e. The molecule has 0 fully saturated rings. The van der Waals surface area contributed by atoms with Crippen LogP contribution in [0.5, 0.6) is 5.75 Å². The number of ketones is 1. The zero-order chi connectivity index (χ0) is 13.5. The number of rotatable bonds is 6. The molecule has 18 heavy (non-hydrogen) atoms. The average molecular weight is 254 g/mol. The maximum absolute atomic E-state index is 13.2. The van der Waals surface area contributed by atoms with Crippen molar-refractivity contribution in [1.29, 1.82) is 0 Å². The predicted octanol–water partition coefficient (Wildman–Crippen LogP) is 2.04. The van der Waals surface area contributed by atoms with Crippen molar-refractivity contribution in [2.24, 2.45) is 0 Å². The number of benzene rings is 1. The first-order chi connectivity index (χ1) is 8.52. The third-order valence-electron chi connectivity index (χ3n) is 2.19. The second-order valence-corrected chi connectivity index (χ2v) is 3.72. The molecule has 5 heteroatoms. The minimum absolute atomic E-state index is 0.232. The fourth-order valence-electron chi connectivity index (χ4n) is 1.25. The van der Waals surface area contributed by atoms with Crippen LogP contribution in [0.1, 0.15) is 18.9 Å². The van der Waals surface area contributed by atoms with Gasteiger partial charge >= 0.3 is 5.97 Å². The summed E-state index contributed by atoms with van der Waals surface area (Å²) in [6.07, 6.45) is -0.331. The Labute approximate surface area is 105 Å². The van der Waals surface area contributed by atoms with Crippen molar-refractivity contribution >= 4 is 11.8 Å². The highest BCUT2D eigenvalue weighted by atomic mass is 19.1. The molecule has 0 atom stereocenters. The van der Waals surface area contributed by atoms with Gasteiger partial charge in [-0.15, -0.1) is 0 Å². The van der Waals surface area contributed by atoms with E-state index in [9.17, 15) is 14.0 Å². The molecule has 0 saturated carbocycles. The Morgan fingerprint density at radius 1 is 1.33 bits per heavy atom. The molecule has 0 aromatic heterocycles. The molecule has 1 rings (SSSR count). The lowest BCUT2D eigenvalue weighted by molar-refractivity contribution is -0.145. The fraction of sp³-hybridized carbons (Fsp3) is 0.385. The maximum atomic E-state index is 13.2. The molecule has 0 radical (unpaired) electrons. The van der Waals surface area contributed by atoms with Gasteiger partial charge < -0.3 is 9.47 Å². The molecule has 0 saturated heterocycles. The van der Waals surface area contributed by atoms with Crippen molar-refractivity contribution in [2.45, 2.75) is 20.3 Å². The van der Waals surface area contributed by atoms with E-state index in [1.165, 1.54) is 6.07 Å². The van der Waals surface area contributed by atoms with Gasteiger partial charge in [-0.2, -0.15) is 0 Å². The standard InChI is InChI=1S/C13H15FO4/c1-3-17-13(16)6-10(15)8-18-11-5-4-9(2)12(14)7-11/h4-5,7H,3,6,8H2,1-2H3. The fourth-order valence-corrected chi connectivity index (χ4v) is 1.25. The Hall–Kier alpha value is -1.91.